The summed E-state index contributed by atoms with van der Waals surface area (Å²) in [5.41, 5.74) is 1.66. The van der Waals surface area contributed by atoms with Crippen LogP contribution in [0.25, 0.3) is 4.85 Å². The molecule has 4 aromatic rings. The Morgan fingerprint density at radius 2 is 1.33 bits per heavy atom. The maximum absolute atomic E-state index is 14.3. The number of benzene rings is 2. The zero-order valence-electron chi connectivity index (χ0n) is 35.6. The number of rotatable bonds is 18. The summed E-state index contributed by atoms with van der Waals surface area (Å²) in [6.07, 6.45) is -3.57. The van der Waals surface area contributed by atoms with Gasteiger partial charge in [0, 0.05) is 42.8 Å². The third kappa shape index (κ3) is 11.8. The van der Waals surface area contributed by atoms with E-state index in [4.69, 9.17) is 34.4 Å². The van der Waals surface area contributed by atoms with Gasteiger partial charge in [0.1, 0.15) is 31.3 Å². The van der Waals surface area contributed by atoms with Crippen LogP contribution in [-0.2, 0) is 41.9 Å². The van der Waals surface area contributed by atoms with Crippen LogP contribution in [0.15, 0.2) is 80.1 Å². The lowest BCUT2D eigenvalue weighted by atomic mass is 9.97. The van der Waals surface area contributed by atoms with E-state index in [-0.39, 0.29) is 50.0 Å². The number of H-pyrrole nitrogens is 2. The van der Waals surface area contributed by atoms with Crippen molar-refractivity contribution in [3.05, 3.63) is 147 Å². The first-order chi connectivity index (χ1) is 30.1. The van der Waals surface area contributed by atoms with Crippen molar-refractivity contribution in [2.75, 3.05) is 19.8 Å². The zero-order valence-corrected chi connectivity index (χ0v) is 36.5. The molecule has 2 fully saturated rings. The van der Waals surface area contributed by atoms with E-state index in [1.165, 1.54) is 30.8 Å². The third-order valence-corrected chi connectivity index (χ3v) is 12.2. The molecule has 20 heteroatoms. The molecule has 2 aliphatic heterocycles. The molecule has 19 nitrogen and oxygen atoms in total. The van der Waals surface area contributed by atoms with Gasteiger partial charge in [-0.3, -0.25) is 51.9 Å². The molecule has 6 rings (SSSR count). The molecule has 2 aromatic heterocycles. The summed E-state index contributed by atoms with van der Waals surface area (Å²) in [5.74, 6) is -1.18. The largest absolute Gasteiger partial charge is 0.475 e. The van der Waals surface area contributed by atoms with E-state index < -0.39 is 91.7 Å². The Morgan fingerprint density at radius 3 is 1.86 bits per heavy atom. The fourth-order valence-electron chi connectivity index (χ4n) is 7.27. The highest BCUT2D eigenvalue weighted by Crippen LogP contribution is 2.54. The summed E-state index contributed by atoms with van der Waals surface area (Å²) >= 11 is 0. The molecule has 63 heavy (non-hydrogen) atoms. The Bertz CT molecular complexity index is 2550. The summed E-state index contributed by atoms with van der Waals surface area (Å²) in [4.78, 5) is 84.3. The second kappa shape index (κ2) is 20.6. The molecule has 2 aromatic carbocycles. The number of nitrogens with one attached hydrogen (secondary N) is 3. The van der Waals surface area contributed by atoms with Crippen LogP contribution >= 0.6 is 7.82 Å². The fourth-order valence-corrected chi connectivity index (χ4v) is 8.65. The van der Waals surface area contributed by atoms with Gasteiger partial charge in [-0.1, -0.05) is 66.6 Å². The average molecular weight is 891 g/mol. The lowest BCUT2D eigenvalue weighted by Gasteiger charge is -2.25. The number of carbonyl (C=O) groups is 2. The maximum Gasteiger partial charge on any atom is 0.475 e. The topological polar surface area (TPSA) is 233 Å². The second-order valence-electron chi connectivity index (χ2n) is 15.5. The van der Waals surface area contributed by atoms with Gasteiger partial charge in [0.25, 0.3) is 11.1 Å². The standard InChI is InChI=1S/C43H51N6O13P/c1-7-31-33(21-37(59-31)49-23-28(5)41(53)47-43(49)55)62-63(56,57-19-18-44-6)58-24-34-32(20-36(60-34)48-22-27(4)40(52)46-42(48)54)61-38(51)17-16-35(50)45-39(29-12-8-25(2)9-13-29)30-14-10-26(3)11-15-30/h8-15,22-23,31-34,36-37,39H,7,16-21,24H2,1-5H3,(H,45,50)(H,46,52,54)(H,47,53,55). The number of amides is 1. The first-order valence-corrected chi connectivity index (χ1v) is 22.0. The van der Waals surface area contributed by atoms with Crippen LogP contribution in [0.2, 0.25) is 0 Å². The molecule has 7 unspecified atom stereocenters. The fraction of sp³-hybridized carbons (Fsp3) is 0.465. The Morgan fingerprint density at radius 1 is 0.810 bits per heavy atom. The molecule has 4 heterocycles. The van der Waals surface area contributed by atoms with Crippen molar-refractivity contribution in [2.45, 2.75) is 110 Å². The van der Waals surface area contributed by atoms with E-state index >= 15 is 0 Å². The Labute approximate surface area is 362 Å². The van der Waals surface area contributed by atoms with Crippen LogP contribution < -0.4 is 27.8 Å². The number of carbonyl (C=O) groups excluding carboxylic acids is 2. The van der Waals surface area contributed by atoms with Crippen molar-refractivity contribution in [1.29, 1.82) is 0 Å². The predicted octanol–water partition coefficient (Wildman–Crippen LogP) is 4.35. The number of phosphoric ester groups is 1. The Kier molecular flexibility index (Phi) is 15.3. The van der Waals surface area contributed by atoms with E-state index in [1.807, 2.05) is 62.4 Å². The van der Waals surface area contributed by atoms with Gasteiger partial charge >= 0.3 is 25.2 Å². The molecule has 3 N–H and O–H groups in total. The number of aromatic nitrogens is 4. The number of hydrogen-bond donors (Lipinski definition) is 3. The normalized spacial score (nSPS) is 21.8. The zero-order chi connectivity index (χ0) is 45.4. The van der Waals surface area contributed by atoms with Gasteiger partial charge in [-0.25, -0.2) is 20.7 Å². The molecule has 336 valence electrons. The first-order valence-electron chi connectivity index (χ1n) is 20.5. The van der Waals surface area contributed by atoms with Crippen LogP contribution in [0.3, 0.4) is 0 Å². The number of nitrogens with zero attached hydrogens (tertiary/aromatic N) is 3. The molecule has 0 spiro atoms. The van der Waals surface area contributed by atoms with Crippen molar-refractivity contribution >= 4 is 19.7 Å². The number of esters is 1. The highest BCUT2D eigenvalue weighted by atomic mass is 31.2. The molecule has 2 saturated heterocycles. The van der Waals surface area contributed by atoms with Crippen molar-refractivity contribution in [3.63, 3.8) is 0 Å². The van der Waals surface area contributed by atoms with Gasteiger partial charge in [-0.05, 0) is 45.2 Å². The third-order valence-electron chi connectivity index (χ3n) is 10.8. The average Bonchev–Trinajstić information content (AvgIpc) is 3.84. The summed E-state index contributed by atoms with van der Waals surface area (Å²) in [6.45, 7) is 14.8. The maximum atomic E-state index is 14.3. The summed E-state index contributed by atoms with van der Waals surface area (Å²) in [5, 5.41) is 3.03. The molecule has 0 saturated carbocycles. The smallest absolute Gasteiger partial charge is 0.459 e. The summed E-state index contributed by atoms with van der Waals surface area (Å²) < 4.78 is 52.1. The molecule has 2 aliphatic rings. The Hall–Kier alpha value is -5.74. The van der Waals surface area contributed by atoms with Gasteiger partial charge in [0.05, 0.1) is 31.3 Å². The second-order valence-corrected chi connectivity index (χ2v) is 17.2. The van der Waals surface area contributed by atoms with E-state index in [1.54, 1.807) is 6.92 Å². The van der Waals surface area contributed by atoms with E-state index in [0.717, 1.165) is 26.8 Å². The minimum absolute atomic E-state index is 0.00447. The highest BCUT2D eigenvalue weighted by Gasteiger charge is 2.45. The summed E-state index contributed by atoms with van der Waals surface area (Å²) in [7, 11) is -4.58. The quantitative estimate of drug-likeness (QED) is 0.0547. The number of phosphoric acid groups is 1. The van der Waals surface area contributed by atoms with Crippen molar-refractivity contribution in [3.8, 4) is 0 Å². The van der Waals surface area contributed by atoms with Crippen LogP contribution in [0.5, 0.6) is 0 Å². The van der Waals surface area contributed by atoms with Crippen LogP contribution in [0.1, 0.15) is 90.9 Å². The van der Waals surface area contributed by atoms with Gasteiger partial charge < -0.3 is 24.4 Å². The molecule has 0 bridgehead atoms. The van der Waals surface area contributed by atoms with Crippen LogP contribution in [0, 0.1) is 34.3 Å². The van der Waals surface area contributed by atoms with Crippen molar-refractivity contribution < 1.29 is 41.9 Å². The number of hydrogen-bond acceptors (Lipinski definition) is 13. The van der Waals surface area contributed by atoms with E-state index in [2.05, 4.69) is 20.1 Å². The predicted molar refractivity (Wildman–Crippen MR) is 227 cm³/mol. The van der Waals surface area contributed by atoms with Crippen LogP contribution in [-0.4, -0.2) is 75.2 Å². The molecular weight excluding hydrogens is 839 g/mol. The molecule has 7 atom stereocenters. The number of aromatic amines is 2. The van der Waals surface area contributed by atoms with E-state index in [0.29, 0.717) is 6.42 Å². The van der Waals surface area contributed by atoms with Crippen molar-refractivity contribution in [1.82, 2.24) is 24.4 Å². The molecule has 0 aliphatic carbocycles. The van der Waals surface area contributed by atoms with Gasteiger partial charge in [-0.15, -0.1) is 0 Å². The van der Waals surface area contributed by atoms with Crippen LogP contribution in [0.4, 0.5) is 0 Å². The Balaban J connectivity index is 1.17. The molecular formula is C43H51N6O13P. The van der Waals surface area contributed by atoms with Gasteiger partial charge in [0.2, 0.25) is 12.5 Å². The SMILES string of the molecule is [C-]#[N+]CCOP(=O)(OCC1OC(n2cc(C)c(=O)[nH]c2=O)CC1OC(=O)CCC(=O)NC(c1ccc(C)cc1)c1ccc(C)cc1)OC1CC(n2cc(C)c(=O)[nH]c2=O)OC1CC. The van der Waals surface area contributed by atoms with Gasteiger partial charge in [-0.2, -0.15) is 0 Å². The molecule has 0 radical (unpaired) electrons. The lowest BCUT2D eigenvalue weighted by Crippen LogP contribution is -2.33. The van der Waals surface area contributed by atoms with Crippen molar-refractivity contribution in [2.24, 2.45) is 0 Å². The summed E-state index contributed by atoms with van der Waals surface area (Å²) in [6, 6.07) is 15.0. The molecule has 1 amide bonds. The minimum atomic E-state index is -4.58. The minimum Gasteiger partial charge on any atom is -0.459 e. The van der Waals surface area contributed by atoms with E-state index in [9.17, 15) is 33.3 Å². The first kappa shape index (κ1) is 46.8. The highest BCUT2D eigenvalue weighted by molar-refractivity contribution is 7.48. The number of aryl methyl sites for hydroxylation is 4. The van der Waals surface area contributed by atoms with Gasteiger partial charge in [0.15, 0.2) is 0 Å². The number of ether oxygens (including phenoxy) is 3. The lowest BCUT2D eigenvalue weighted by molar-refractivity contribution is -0.154. The monoisotopic (exact) mass is 890 g/mol.